The molecule has 0 bridgehead atoms. The molecule has 108 valence electrons. The van der Waals surface area contributed by atoms with Gasteiger partial charge in [0.05, 0.1) is 11.0 Å². The zero-order chi connectivity index (χ0) is 14.8. The molecule has 1 heterocycles. The van der Waals surface area contributed by atoms with Crippen molar-refractivity contribution in [3.05, 3.63) is 65.5 Å². The number of rotatable bonds is 4. The molecule has 1 atom stereocenters. The van der Waals surface area contributed by atoms with Crippen LogP contribution in [0.4, 0.5) is 0 Å². The number of aliphatic hydroxyl groups is 1. The Balaban J connectivity index is 2.13. The Hall–Kier alpha value is -2.13. The summed E-state index contributed by atoms with van der Waals surface area (Å²) in [6.45, 7) is 4.83. The predicted octanol–water partition coefficient (Wildman–Crippen LogP) is 3.84. The summed E-state index contributed by atoms with van der Waals surface area (Å²) in [6, 6.07) is 16.4. The van der Waals surface area contributed by atoms with Gasteiger partial charge in [-0.25, -0.2) is 4.98 Å². The van der Waals surface area contributed by atoms with Crippen molar-refractivity contribution in [3.8, 4) is 0 Å². The normalized spacial score (nSPS) is 12.7. The van der Waals surface area contributed by atoms with Crippen LogP contribution in [0, 0.1) is 6.92 Å². The molecule has 0 aliphatic rings. The standard InChI is InChI=1S/C18H20N2O/c1-3-17(21)18-19-15-10-6-7-11-16(15)20(18)12-14-9-5-4-8-13(14)2/h4-11,17,21H,3,12H2,1-2H3. The van der Waals surface area contributed by atoms with Crippen LogP contribution >= 0.6 is 0 Å². The van der Waals surface area contributed by atoms with E-state index in [9.17, 15) is 5.11 Å². The largest absolute Gasteiger partial charge is 0.385 e. The molecule has 3 nitrogen and oxygen atoms in total. The third-order valence-electron chi connectivity index (χ3n) is 3.96. The molecule has 3 heteroatoms. The van der Waals surface area contributed by atoms with Crippen LogP contribution in [0.1, 0.15) is 36.4 Å². The molecule has 0 saturated heterocycles. The Kier molecular flexibility index (Phi) is 3.76. The Morgan fingerprint density at radius 1 is 1.10 bits per heavy atom. The number of hydrogen-bond acceptors (Lipinski definition) is 2. The fourth-order valence-corrected chi connectivity index (χ4v) is 2.66. The summed E-state index contributed by atoms with van der Waals surface area (Å²) in [5, 5.41) is 10.3. The maximum Gasteiger partial charge on any atom is 0.139 e. The summed E-state index contributed by atoms with van der Waals surface area (Å²) < 4.78 is 2.13. The first-order chi connectivity index (χ1) is 10.2. The number of aliphatic hydroxyl groups excluding tert-OH is 1. The van der Waals surface area contributed by atoms with Gasteiger partial charge in [0, 0.05) is 6.54 Å². The molecule has 0 radical (unpaired) electrons. The first-order valence-corrected chi connectivity index (χ1v) is 7.38. The van der Waals surface area contributed by atoms with Crippen LogP contribution in [0.25, 0.3) is 11.0 Å². The Morgan fingerprint density at radius 3 is 2.57 bits per heavy atom. The smallest absolute Gasteiger partial charge is 0.139 e. The van der Waals surface area contributed by atoms with E-state index in [0.29, 0.717) is 6.42 Å². The molecule has 1 aromatic heterocycles. The number of hydrogen-bond donors (Lipinski definition) is 1. The van der Waals surface area contributed by atoms with E-state index < -0.39 is 6.10 Å². The van der Waals surface area contributed by atoms with Gasteiger partial charge >= 0.3 is 0 Å². The third kappa shape index (κ3) is 2.57. The molecule has 1 unspecified atom stereocenters. The lowest BCUT2D eigenvalue weighted by Crippen LogP contribution is -2.10. The van der Waals surface area contributed by atoms with Crippen molar-refractivity contribution in [3.63, 3.8) is 0 Å². The van der Waals surface area contributed by atoms with Gasteiger partial charge in [0.25, 0.3) is 0 Å². The van der Waals surface area contributed by atoms with E-state index in [1.807, 2.05) is 31.2 Å². The lowest BCUT2D eigenvalue weighted by molar-refractivity contribution is 0.160. The van der Waals surface area contributed by atoms with Gasteiger partial charge < -0.3 is 9.67 Å². The van der Waals surface area contributed by atoms with Crippen molar-refractivity contribution in [2.45, 2.75) is 32.9 Å². The second kappa shape index (κ2) is 5.70. The number of aryl methyl sites for hydroxylation is 1. The number of imidazole rings is 1. The predicted molar refractivity (Wildman–Crippen MR) is 85.3 cm³/mol. The second-order valence-electron chi connectivity index (χ2n) is 5.40. The molecule has 0 aliphatic carbocycles. The molecule has 0 saturated carbocycles. The molecule has 21 heavy (non-hydrogen) atoms. The SMILES string of the molecule is CCC(O)c1nc2ccccc2n1Cc1ccccc1C. The van der Waals surface area contributed by atoms with E-state index in [4.69, 9.17) is 0 Å². The van der Waals surface area contributed by atoms with Gasteiger partial charge in [-0.2, -0.15) is 0 Å². The number of aromatic nitrogens is 2. The highest BCUT2D eigenvalue weighted by Gasteiger charge is 2.17. The van der Waals surface area contributed by atoms with Gasteiger partial charge in [-0.3, -0.25) is 0 Å². The highest BCUT2D eigenvalue weighted by atomic mass is 16.3. The lowest BCUT2D eigenvalue weighted by atomic mass is 10.1. The summed E-state index contributed by atoms with van der Waals surface area (Å²) in [7, 11) is 0. The number of nitrogens with zero attached hydrogens (tertiary/aromatic N) is 2. The van der Waals surface area contributed by atoms with Crippen LogP contribution in [0.3, 0.4) is 0 Å². The maximum atomic E-state index is 10.3. The fraction of sp³-hybridized carbons (Fsp3) is 0.278. The first kappa shape index (κ1) is 13.8. The summed E-state index contributed by atoms with van der Waals surface area (Å²) in [4.78, 5) is 4.62. The van der Waals surface area contributed by atoms with Crippen LogP contribution in [0.5, 0.6) is 0 Å². The summed E-state index contributed by atoms with van der Waals surface area (Å²) in [5.41, 5.74) is 4.52. The minimum Gasteiger partial charge on any atom is -0.385 e. The molecule has 1 N–H and O–H groups in total. The lowest BCUT2D eigenvalue weighted by Gasteiger charge is -2.14. The Labute approximate surface area is 124 Å². The van der Waals surface area contributed by atoms with Crippen molar-refractivity contribution < 1.29 is 5.11 Å². The maximum absolute atomic E-state index is 10.3. The van der Waals surface area contributed by atoms with E-state index in [2.05, 4.69) is 40.7 Å². The molecule has 3 aromatic rings. The fourth-order valence-electron chi connectivity index (χ4n) is 2.66. The van der Waals surface area contributed by atoms with Gasteiger partial charge in [0.15, 0.2) is 0 Å². The minimum atomic E-state index is -0.526. The van der Waals surface area contributed by atoms with E-state index in [0.717, 1.165) is 23.4 Å². The molecule has 2 aromatic carbocycles. The van der Waals surface area contributed by atoms with Gasteiger partial charge in [0.2, 0.25) is 0 Å². The van der Waals surface area contributed by atoms with Crippen LogP contribution in [-0.4, -0.2) is 14.7 Å². The average molecular weight is 280 g/mol. The zero-order valence-corrected chi connectivity index (χ0v) is 12.5. The number of para-hydroxylation sites is 2. The van der Waals surface area contributed by atoms with E-state index in [-0.39, 0.29) is 0 Å². The summed E-state index contributed by atoms with van der Waals surface area (Å²) in [5.74, 6) is 0.752. The molecule has 0 amide bonds. The molecule has 3 rings (SSSR count). The highest BCUT2D eigenvalue weighted by Crippen LogP contribution is 2.24. The van der Waals surface area contributed by atoms with Crippen molar-refractivity contribution in [2.75, 3.05) is 0 Å². The second-order valence-corrected chi connectivity index (χ2v) is 5.40. The number of benzene rings is 2. The molecular formula is C18H20N2O. The summed E-state index contributed by atoms with van der Waals surface area (Å²) in [6.07, 6.45) is 0.137. The van der Waals surface area contributed by atoms with E-state index >= 15 is 0 Å². The van der Waals surface area contributed by atoms with E-state index in [1.54, 1.807) is 0 Å². The van der Waals surface area contributed by atoms with Crippen LogP contribution in [0.2, 0.25) is 0 Å². The first-order valence-electron chi connectivity index (χ1n) is 7.38. The molecule has 0 fully saturated rings. The molecule has 0 spiro atoms. The molecular weight excluding hydrogens is 260 g/mol. The topological polar surface area (TPSA) is 38.1 Å². The van der Waals surface area contributed by atoms with Gasteiger partial charge in [-0.1, -0.05) is 43.3 Å². The van der Waals surface area contributed by atoms with Gasteiger partial charge in [0.1, 0.15) is 11.9 Å². The van der Waals surface area contributed by atoms with Crippen LogP contribution < -0.4 is 0 Å². The minimum absolute atomic E-state index is 0.526. The van der Waals surface area contributed by atoms with Gasteiger partial charge in [-0.05, 0) is 36.6 Å². The van der Waals surface area contributed by atoms with Gasteiger partial charge in [-0.15, -0.1) is 0 Å². The van der Waals surface area contributed by atoms with E-state index in [1.165, 1.54) is 11.1 Å². The van der Waals surface area contributed by atoms with Crippen molar-refractivity contribution in [2.24, 2.45) is 0 Å². The van der Waals surface area contributed by atoms with Crippen LogP contribution in [0.15, 0.2) is 48.5 Å². The zero-order valence-electron chi connectivity index (χ0n) is 12.5. The highest BCUT2D eigenvalue weighted by molar-refractivity contribution is 5.76. The summed E-state index contributed by atoms with van der Waals surface area (Å²) >= 11 is 0. The quantitative estimate of drug-likeness (QED) is 0.788. The van der Waals surface area contributed by atoms with Crippen molar-refractivity contribution in [1.29, 1.82) is 0 Å². The molecule has 0 aliphatic heterocycles. The average Bonchev–Trinajstić information content (AvgIpc) is 2.88. The monoisotopic (exact) mass is 280 g/mol. The Morgan fingerprint density at radius 2 is 1.81 bits per heavy atom. The Bertz CT molecular complexity index is 761. The van der Waals surface area contributed by atoms with Crippen molar-refractivity contribution in [1.82, 2.24) is 9.55 Å². The van der Waals surface area contributed by atoms with Crippen LogP contribution in [-0.2, 0) is 6.54 Å². The third-order valence-corrected chi connectivity index (χ3v) is 3.96. The van der Waals surface area contributed by atoms with Crippen molar-refractivity contribution >= 4 is 11.0 Å². The number of fused-ring (bicyclic) bond motifs is 1.